The molecular formula is C13H12. The molecule has 0 heteroatoms. The predicted molar refractivity (Wildman–Crippen MR) is 52.7 cm³/mol. The summed E-state index contributed by atoms with van der Waals surface area (Å²) in [5.41, 5.74) is 3.24. The molecule has 0 nitrogen and oxygen atoms in total. The quantitative estimate of drug-likeness (QED) is 0.522. The fourth-order valence-corrected chi connectivity index (χ4v) is 3.37. The number of hydrogen-bond donors (Lipinski definition) is 0. The highest BCUT2D eigenvalue weighted by atomic mass is 14.6. The van der Waals surface area contributed by atoms with E-state index in [0.29, 0.717) is 0 Å². The van der Waals surface area contributed by atoms with Crippen LogP contribution in [-0.2, 0) is 0 Å². The van der Waals surface area contributed by atoms with Crippen LogP contribution in [0, 0.1) is 11.8 Å². The SMILES string of the molecule is C1=C[C@H]2c3ccccc3[C@@H]1[C@@H]1C[C@@H]12. The van der Waals surface area contributed by atoms with Gasteiger partial charge in [0.25, 0.3) is 0 Å². The highest BCUT2D eigenvalue weighted by Crippen LogP contribution is 2.64. The highest BCUT2D eigenvalue weighted by molar-refractivity contribution is 5.48. The Morgan fingerprint density at radius 3 is 1.92 bits per heavy atom. The minimum absolute atomic E-state index is 0.770. The molecule has 4 atom stereocenters. The van der Waals surface area contributed by atoms with Crippen LogP contribution in [0.4, 0.5) is 0 Å². The standard InChI is InChI=1S/C13H12/c1-2-4-9-8(3-1)10-5-6-11(9)13-7-12(10)13/h1-6,10-13H,7H2/t10-,11+,12+,13-. The molecule has 5 rings (SSSR count). The van der Waals surface area contributed by atoms with Gasteiger partial charge in [-0.3, -0.25) is 0 Å². The molecule has 1 fully saturated rings. The first kappa shape index (κ1) is 6.42. The molecule has 1 aromatic rings. The van der Waals surface area contributed by atoms with E-state index in [1.807, 2.05) is 0 Å². The molecule has 0 unspecified atom stereocenters. The Bertz CT molecular complexity index is 365. The van der Waals surface area contributed by atoms with Crippen molar-refractivity contribution in [3.63, 3.8) is 0 Å². The van der Waals surface area contributed by atoms with Crippen molar-refractivity contribution in [3.05, 3.63) is 47.5 Å². The minimum atomic E-state index is 0.770. The molecule has 0 N–H and O–H groups in total. The van der Waals surface area contributed by atoms with Crippen LogP contribution in [0.15, 0.2) is 36.4 Å². The Morgan fingerprint density at radius 2 is 1.38 bits per heavy atom. The van der Waals surface area contributed by atoms with Crippen molar-refractivity contribution >= 4 is 0 Å². The zero-order valence-electron chi connectivity index (χ0n) is 7.48. The van der Waals surface area contributed by atoms with E-state index in [2.05, 4.69) is 36.4 Å². The van der Waals surface area contributed by atoms with E-state index in [4.69, 9.17) is 0 Å². The first-order chi connectivity index (χ1) is 6.45. The third kappa shape index (κ3) is 0.644. The summed E-state index contributed by atoms with van der Waals surface area (Å²) in [6.45, 7) is 0. The van der Waals surface area contributed by atoms with Crippen molar-refractivity contribution in [2.45, 2.75) is 18.3 Å². The smallest absolute Gasteiger partial charge is 0.00525 e. The molecule has 4 aliphatic rings. The molecular weight excluding hydrogens is 156 g/mol. The van der Waals surface area contributed by atoms with Gasteiger partial charge in [0.2, 0.25) is 0 Å². The van der Waals surface area contributed by atoms with Crippen molar-refractivity contribution in [2.24, 2.45) is 11.8 Å². The maximum absolute atomic E-state index is 2.45. The van der Waals surface area contributed by atoms with Crippen LogP contribution in [-0.4, -0.2) is 0 Å². The lowest BCUT2D eigenvalue weighted by molar-refractivity contribution is 0.523. The normalized spacial score (nSPS) is 42.8. The third-order valence-corrected chi connectivity index (χ3v) is 4.05. The van der Waals surface area contributed by atoms with Gasteiger partial charge in [0.1, 0.15) is 0 Å². The Kier molecular flexibility index (Phi) is 0.935. The summed E-state index contributed by atoms with van der Waals surface area (Å²) < 4.78 is 0. The largest absolute Gasteiger partial charge is 0.0801 e. The van der Waals surface area contributed by atoms with Gasteiger partial charge in [-0.15, -0.1) is 0 Å². The Morgan fingerprint density at radius 1 is 0.846 bits per heavy atom. The molecule has 1 aromatic carbocycles. The minimum Gasteiger partial charge on any atom is -0.0801 e. The molecule has 64 valence electrons. The summed E-state index contributed by atoms with van der Waals surface area (Å²) in [6, 6.07) is 9.02. The molecule has 4 aliphatic carbocycles. The van der Waals surface area contributed by atoms with Crippen molar-refractivity contribution in [2.75, 3.05) is 0 Å². The molecule has 2 bridgehead atoms. The fourth-order valence-electron chi connectivity index (χ4n) is 3.37. The van der Waals surface area contributed by atoms with Gasteiger partial charge < -0.3 is 0 Å². The monoisotopic (exact) mass is 168 g/mol. The Balaban J connectivity index is 2.03. The summed E-state index contributed by atoms with van der Waals surface area (Å²) >= 11 is 0. The van der Waals surface area contributed by atoms with Crippen molar-refractivity contribution < 1.29 is 0 Å². The fraction of sp³-hybridized carbons (Fsp3) is 0.385. The van der Waals surface area contributed by atoms with E-state index in [9.17, 15) is 0 Å². The number of allylic oxidation sites excluding steroid dienone is 2. The van der Waals surface area contributed by atoms with E-state index >= 15 is 0 Å². The van der Waals surface area contributed by atoms with Gasteiger partial charge in [0, 0.05) is 11.8 Å². The zero-order valence-corrected chi connectivity index (χ0v) is 7.48. The van der Waals surface area contributed by atoms with Gasteiger partial charge in [0.05, 0.1) is 0 Å². The molecule has 1 saturated carbocycles. The van der Waals surface area contributed by atoms with Crippen molar-refractivity contribution in [1.29, 1.82) is 0 Å². The van der Waals surface area contributed by atoms with E-state index in [1.165, 1.54) is 6.42 Å². The van der Waals surface area contributed by atoms with E-state index in [-0.39, 0.29) is 0 Å². The second-order valence-electron chi connectivity index (χ2n) is 4.63. The van der Waals surface area contributed by atoms with Crippen LogP contribution in [0.25, 0.3) is 0 Å². The van der Waals surface area contributed by atoms with Crippen LogP contribution in [0.2, 0.25) is 0 Å². The topological polar surface area (TPSA) is 0 Å². The second kappa shape index (κ2) is 1.89. The van der Waals surface area contributed by atoms with Crippen LogP contribution in [0.5, 0.6) is 0 Å². The van der Waals surface area contributed by atoms with Gasteiger partial charge in [-0.05, 0) is 29.4 Å². The molecule has 0 aromatic heterocycles. The average molecular weight is 168 g/mol. The lowest BCUT2D eigenvalue weighted by atomic mass is 9.72. The summed E-state index contributed by atoms with van der Waals surface area (Å²) in [5, 5.41) is 0. The van der Waals surface area contributed by atoms with Crippen LogP contribution >= 0.6 is 0 Å². The number of rotatable bonds is 0. The summed E-state index contributed by atoms with van der Waals surface area (Å²) in [6.07, 6.45) is 6.36. The zero-order chi connectivity index (χ0) is 8.41. The van der Waals surface area contributed by atoms with Crippen LogP contribution < -0.4 is 0 Å². The van der Waals surface area contributed by atoms with Crippen molar-refractivity contribution in [1.82, 2.24) is 0 Å². The Hall–Kier alpha value is -1.04. The van der Waals surface area contributed by atoms with E-state index < -0.39 is 0 Å². The average Bonchev–Trinajstić information content (AvgIpc) is 2.98. The molecule has 0 radical (unpaired) electrons. The van der Waals surface area contributed by atoms with Crippen molar-refractivity contribution in [3.8, 4) is 0 Å². The maximum Gasteiger partial charge on any atom is 0.00525 e. The third-order valence-electron chi connectivity index (χ3n) is 4.05. The Labute approximate surface area is 78.3 Å². The summed E-state index contributed by atoms with van der Waals surface area (Å²) in [5.74, 6) is 3.55. The maximum atomic E-state index is 2.45. The summed E-state index contributed by atoms with van der Waals surface area (Å²) in [7, 11) is 0. The highest BCUT2D eigenvalue weighted by Gasteiger charge is 2.53. The predicted octanol–water partition coefficient (Wildman–Crippen LogP) is 3.07. The van der Waals surface area contributed by atoms with Gasteiger partial charge in [-0.1, -0.05) is 36.4 Å². The van der Waals surface area contributed by atoms with Gasteiger partial charge in [-0.25, -0.2) is 0 Å². The van der Waals surface area contributed by atoms with Gasteiger partial charge in [0.15, 0.2) is 0 Å². The molecule has 13 heavy (non-hydrogen) atoms. The molecule has 0 heterocycles. The first-order valence-electron chi connectivity index (χ1n) is 5.22. The first-order valence-corrected chi connectivity index (χ1v) is 5.22. The molecule has 0 aliphatic heterocycles. The molecule has 0 saturated heterocycles. The number of hydrogen-bond acceptors (Lipinski definition) is 0. The molecule has 0 amide bonds. The van der Waals surface area contributed by atoms with Crippen LogP contribution in [0.1, 0.15) is 29.4 Å². The molecule has 0 spiro atoms. The lowest BCUT2D eigenvalue weighted by Crippen LogP contribution is -2.19. The lowest BCUT2D eigenvalue weighted by Gasteiger charge is -2.32. The van der Waals surface area contributed by atoms with E-state index in [1.54, 1.807) is 11.1 Å². The second-order valence-corrected chi connectivity index (χ2v) is 4.63. The van der Waals surface area contributed by atoms with Gasteiger partial charge >= 0.3 is 0 Å². The van der Waals surface area contributed by atoms with Crippen LogP contribution in [0.3, 0.4) is 0 Å². The summed E-state index contributed by atoms with van der Waals surface area (Å²) in [4.78, 5) is 0. The number of benzene rings is 1. The van der Waals surface area contributed by atoms with Gasteiger partial charge in [-0.2, -0.15) is 0 Å². The van der Waals surface area contributed by atoms with E-state index in [0.717, 1.165) is 23.7 Å².